The second-order valence-electron chi connectivity index (χ2n) is 9.80. The number of hydrogen-bond acceptors (Lipinski definition) is 6. The zero-order valence-corrected chi connectivity index (χ0v) is 22.4. The Labute approximate surface area is 228 Å². The molecule has 2 amide bonds. The highest BCUT2D eigenvalue weighted by Crippen LogP contribution is 2.42. The molecule has 5 rings (SSSR count). The summed E-state index contributed by atoms with van der Waals surface area (Å²) < 4.78 is 58.0. The maximum atomic E-state index is 14.2. The van der Waals surface area contributed by atoms with Crippen molar-refractivity contribution in [3.8, 4) is 5.75 Å². The van der Waals surface area contributed by atoms with Gasteiger partial charge in [-0.25, -0.2) is 21.9 Å². The van der Waals surface area contributed by atoms with Gasteiger partial charge in [0, 0.05) is 31.3 Å². The van der Waals surface area contributed by atoms with Crippen molar-refractivity contribution in [2.75, 3.05) is 13.1 Å². The number of hydrogen-bond donors (Lipinski definition) is 3. The van der Waals surface area contributed by atoms with Crippen molar-refractivity contribution in [1.82, 2.24) is 19.5 Å². The molecule has 2 aliphatic rings. The molecule has 0 bridgehead atoms. The fourth-order valence-corrected chi connectivity index (χ4v) is 6.47. The van der Waals surface area contributed by atoms with Crippen molar-refractivity contribution in [3.63, 3.8) is 0 Å². The number of amides is 2. The van der Waals surface area contributed by atoms with Gasteiger partial charge in [0.15, 0.2) is 11.4 Å². The molecule has 40 heavy (non-hydrogen) atoms. The fourth-order valence-electron chi connectivity index (χ4n) is 5.25. The summed E-state index contributed by atoms with van der Waals surface area (Å²) in [5.41, 5.74) is -1.34. The lowest BCUT2D eigenvalue weighted by molar-refractivity contribution is 0.0675. The van der Waals surface area contributed by atoms with E-state index >= 15 is 0 Å². The minimum Gasteiger partial charge on any atom is -0.503 e. The van der Waals surface area contributed by atoms with Gasteiger partial charge < -0.3 is 19.9 Å². The molecule has 2 aliphatic heterocycles. The van der Waals surface area contributed by atoms with Crippen LogP contribution in [-0.4, -0.2) is 47.9 Å². The minimum atomic E-state index is -4.13. The summed E-state index contributed by atoms with van der Waals surface area (Å²) in [5, 5.41) is 13.2. The molecule has 0 fully saturated rings. The van der Waals surface area contributed by atoms with Gasteiger partial charge in [0.1, 0.15) is 17.2 Å². The SMILES string of the molecule is CCN1CC2C[C@@H](NS(=O)(=O)c3ccc(C)cc3)c3c(C(=O)NCc4ccc(F)cc4F)c(=O)c(O)c(n32)C1=O. The second kappa shape index (κ2) is 10.1. The van der Waals surface area contributed by atoms with Crippen LogP contribution in [0, 0.1) is 18.6 Å². The lowest BCUT2D eigenvalue weighted by Crippen LogP contribution is -2.44. The minimum absolute atomic E-state index is 0.0339. The van der Waals surface area contributed by atoms with E-state index in [1.807, 2.05) is 0 Å². The zero-order chi connectivity index (χ0) is 28.9. The molecule has 0 spiro atoms. The van der Waals surface area contributed by atoms with E-state index < -0.39 is 68.8 Å². The number of benzene rings is 2. The van der Waals surface area contributed by atoms with Crippen LogP contribution in [0.4, 0.5) is 8.78 Å². The van der Waals surface area contributed by atoms with Crippen molar-refractivity contribution in [2.24, 2.45) is 0 Å². The van der Waals surface area contributed by atoms with Crippen LogP contribution in [-0.2, 0) is 16.6 Å². The summed E-state index contributed by atoms with van der Waals surface area (Å²) >= 11 is 0. The Balaban J connectivity index is 1.60. The standard InChI is InChI=1S/C27H26F2N4O6S/c1-3-32-13-17-11-20(31-40(38,39)18-8-4-14(2)5-9-18)22-21(24(34)25(35)23(27(32)37)33(17)22)26(36)30-12-15-6-7-16(28)10-19(15)29/h4-10,17,20,31,35H,3,11-13H2,1-2H3,(H,30,36)/t17?,20-/m1/s1. The molecule has 2 aromatic carbocycles. The van der Waals surface area contributed by atoms with E-state index in [0.717, 1.165) is 17.7 Å². The molecule has 1 unspecified atom stereocenters. The molecule has 0 aliphatic carbocycles. The molecule has 1 aromatic heterocycles. The highest BCUT2D eigenvalue weighted by Gasteiger charge is 2.46. The average Bonchev–Trinajstić information content (AvgIpc) is 3.24. The third kappa shape index (κ3) is 4.64. The summed E-state index contributed by atoms with van der Waals surface area (Å²) in [6.07, 6.45) is 0.0949. The number of carbonyl (C=O) groups excluding carboxylic acids is 2. The van der Waals surface area contributed by atoms with Gasteiger partial charge in [-0.15, -0.1) is 0 Å². The van der Waals surface area contributed by atoms with Gasteiger partial charge in [-0.05, 0) is 38.5 Å². The van der Waals surface area contributed by atoms with E-state index in [1.54, 1.807) is 26.0 Å². The monoisotopic (exact) mass is 572 g/mol. The first-order valence-electron chi connectivity index (χ1n) is 12.5. The Kier molecular flexibility index (Phi) is 6.96. The van der Waals surface area contributed by atoms with Gasteiger partial charge in [0.25, 0.3) is 11.8 Å². The number of pyridine rings is 1. The van der Waals surface area contributed by atoms with E-state index in [2.05, 4.69) is 10.0 Å². The van der Waals surface area contributed by atoms with Crippen LogP contribution in [0.1, 0.15) is 63.1 Å². The van der Waals surface area contributed by atoms with Crippen LogP contribution in [0.5, 0.6) is 5.75 Å². The van der Waals surface area contributed by atoms with Crippen LogP contribution < -0.4 is 15.5 Å². The van der Waals surface area contributed by atoms with E-state index in [9.17, 15) is 36.7 Å². The summed E-state index contributed by atoms with van der Waals surface area (Å²) in [6, 6.07) is 7.24. The third-order valence-corrected chi connectivity index (χ3v) is 8.73. The highest BCUT2D eigenvalue weighted by molar-refractivity contribution is 7.89. The van der Waals surface area contributed by atoms with E-state index in [0.29, 0.717) is 6.07 Å². The number of nitrogens with zero attached hydrogens (tertiary/aromatic N) is 2. The van der Waals surface area contributed by atoms with Gasteiger partial charge in [-0.2, -0.15) is 0 Å². The summed E-state index contributed by atoms with van der Waals surface area (Å²) in [6.45, 7) is 3.56. The van der Waals surface area contributed by atoms with Crippen LogP contribution in [0.3, 0.4) is 0 Å². The number of halogens is 2. The lowest BCUT2D eigenvalue weighted by Gasteiger charge is -2.33. The van der Waals surface area contributed by atoms with Gasteiger partial charge in [0.05, 0.1) is 22.7 Å². The summed E-state index contributed by atoms with van der Waals surface area (Å²) in [5.74, 6) is -4.29. The molecule has 0 saturated heterocycles. The van der Waals surface area contributed by atoms with Crippen LogP contribution in [0.15, 0.2) is 52.2 Å². The predicted octanol–water partition coefficient (Wildman–Crippen LogP) is 2.51. The number of likely N-dealkylation sites (N-methyl/N-ethyl adjacent to an activating group) is 1. The molecular weight excluding hydrogens is 546 g/mol. The molecule has 2 atom stereocenters. The Morgan fingerprint density at radius 1 is 1.12 bits per heavy atom. The first kappa shape index (κ1) is 27.5. The van der Waals surface area contributed by atoms with Gasteiger partial charge in [0.2, 0.25) is 15.5 Å². The van der Waals surface area contributed by atoms with E-state index in [4.69, 9.17) is 0 Å². The van der Waals surface area contributed by atoms with Gasteiger partial charge in [-0.3, -0.25) is 14.4 Å². The van der Waals surface area contributed by atoms with Crippen molar-refractivity contribution in [2.45, 2.75) is 43.8 Å². The first-order chi connectivity index (χ1) is 18.9. The quantitative estimate of drug-likeness (QED) is 0.398. The van der Waals surface area contributed by atoms with E-state index in [1.165, 1.54) is 21.6 Å². The Morgan fingerprint density at radius 2 is 1.82 bits per heavy atom. The fraction of sp³-hybridized carbons (Fsp3) is 0.296. The molecule has 3 N–H and O–H groups in total. The van der Waals surface area contributed by atoms with Crippen molar-refractivity contribution in [3.05, 3.63) is 92.4 Å². The van der Waals surface area contributed by atoms with Gasteiger partial charge >= 0.3 is 0 Å². The zero-order valence-electron chi connectivity index (χ0n) is 21.6. The third-order valence-electron chi connectivity index (χ3n) is 7.24. The number of rotatable bonds is 7. The van der Waals surface area contributed by atoms with Crippen molar-refractivity contribution in [1.29, 1.82) is 0 Å². The Morgan fingerprint density at radius 3 is 2.48 bits per heavy atom. The predicted molar refractivity (Wildman–Crippen MR) is 139 cm³/mol. The smallest absolute Gasteiger partial charge is 0.274 e. The molecule has 210 valence electrons. The normalized spacial score (nSPS) is 18.1. The number of aromatic nitrogens is 1. The molecule has 13 heteroatoms. The molecule has 3 heterocycles. The molecular formula is C27H26F2N4O6S. The van der Waals surface area contributed by atoms with Crippen LogP contribution >= 0.6 is 0 Å². The number of sulfonamides is 1. The molecule has 3 aromatic rings. The maximum Gasteiger partial charge on any atom is 0.274 e. The Hall–Kier alpha value is -4.10. The molecule has 0 radical (unpaired) electrons. The maximum absolute atomic E-state index is 14.2. The van der Waals surface area contributed by atoms with Crippen LogP contribution in [0.25, 0.3) is 0 Å². The first-order valence-corrected chi connectivity index (χ1v) is 14.0. The van der Waals surface area contributed by atoms with Crippen LogP contribution in [0.2, 0.25) is 0 Å². The van der Waals surface area contributed by atoms with E-state index in [-0.39, 0.29) is 41.4 Å². The Bertz CT molecular complexity index is 1710. The number of aryl methyl sites for hydroxylation is 1. The van der Waals surface area contributed by atoms with Gasteiger partial charge in [-0.1, -0.05) is 23.8 Å². The molecule has 0 saturated carbocycles. The largest absolute Gasteiger partial charge is 0.503 e. The van der Waals surface area contributed by atoms with Crippen molar-refractivity contribution < 1.29 is 31.9 Å². The summed E-state index contributed by atoms with van der Waals surface area (Å²) in [4.78, 5) is 41.3. The second-order valence-corrected chi connectivity index (χ2v) is 11.5. The topological polar surface area (TPSA) is 138 Å². The molecule has 10 nitrogen and oxygen atoms in total. The highest BCUT2D eigenvalue weighted by atomic mass is 32.2. The van der Waals surface area contributed by atoms with Crippen molar-refractivity contribution >= 4 is 21.8 Å². The lowest BCUT2D eigenvalue weighted by atomic mass is 10.0. The summed E-state index contributed by atoms with van der Waals surface area (Å²) in [7, 11) is -4.13. The number of carbonyl (C=O) groups is 2. The number of aromatic hydroxyl groups is 1. The number of nitrogens with one attached hydrogen (secondary N) is 2. The average molecular weight is 573 g/mol.